The Morgan fingerprint density at radius 1 is 0.655 bits per heavy atom. The predicted molar refractivity (Wildman–Crippen MR) is 214 cm³/mol. The highest BCUT2D eigenvalue weighted by atomic mass is 35.5. The SMILES string of the molecule is CC(C)(C)OC(=O)N[C@@H](Cc1ccccc1)c1nnc([C@H](Cc2ccccc2)NC(=O)OCC2c3ccccc3-c3ccccc32)n1Cc1ccc(Cl)cc1. The lowest BCUT2D eigenvalue weighted by Gasteiger charge is -2.25. The second-order valence-electron chi connectivity index (χ2n) is 14.7. The zero-order chi connectivity index (χ0) is 38.4. The molecule has 2 atom stereocenters. The third-order valence-electron chi connectivity index (χ3n) is 9.58. The molecule has 1 aliphatic carbocycles. The van der Waals surface area contributed by atoms with Crippen LogP contribution in [0.4, 0.5) is 9.59 Å². The first-order valence-corrected chi connectivity index (χ1v) is 18.9. The van der Waals surface area contributed by atoms with Crippen LogP contribution in [0, 0.1) is 0 Å². The Bertz CT molecular complexity index is 2190. The zero-order valence-electron chi connectivity index (χ0n) is 31.1. The number of carbonyl (C=O) groups excluding carboxylic acids is 2. The van der Waals surface area contributed by atoms with E-state index in [4.69, 9.17) is 31.3 Å². The summed E-state index contributed by atoms with van der Waals surface area (Å²) in [7, 11) is 0. The molecule has 2 N–H and O–H groups in total. The van der Waals surface area contributed by atoms with E-state index < -0.39 is 29.9 Å². The van der Waals surface area contributed by atoms with E-state index in [1.807, 2.05) is 135 Å². The van der Waals surface area contributed by atoms with Crippen molar-refractivity contribution in [2.75, 3.05) is 6.61 Å². The van der Waals surface area contributed by atoms with Crippen molar-refractivity contribution in [3.05, 3.63) is 178 Å². The molecule has 0 saturated heterocycles. The molecular formula is C45H44ClN5O4. The van der Waals surface area contributed by atoms with Crippen molar-refractivity contribution in [3.63, 3.8) is 0 Å². The number of nitrogens with one attached hydrogen (secondary N) is 2. The van der Waals surface area contributed by atoms with E-state index in [0.29, 0.717) is 36.1 Å². The molecule has 1 aliphatic rings. The van der Waals surface area contributed by atoms with Gasteiger partial charge >= 0.3 is 12.2 Å². The Hall–Kier alpha value is -5.93. The number of benzene rings is 5. The van der Waals surface area contributed by atoms with Crippen LogP contribution < -0.4 is 10.6 Å². The van der Waals surface area contributed by atoms with Crippen molar-refractivity contribution in [1.29, 1.82) is 0 Å². The summed E-state index contributed by atoms with van der Waals surface area (Å²) in [6.07, 6.45) is -0.319. The highest BCUT2D eigenvalue weighted by Gasteiger charge is 2.32. The molecule has 1 heterocycles. The molecular weight excluding hydrogens is 710 g/mol. The largest absolute Gasteiger partial charge is 0.449 e. The third-order valence-corrected chi connectivity index (χ3v) is 9.83. The number of fused-ring (bicyclic) bond motifs is 3. The lowest BCUT2D eigenvalue weighted by Crippen LogP contribution is -2.37. The van der Waals surface area contributed by atoms with Gasteiger partial charge in [-0.1, -0.05) is 133 Å². The molecule has 9 nitrogen and oxygen atoms in total. The summed E-state index contributed by atoms with van der Waals surface area (Å²) in [6, 6.07) is 42.5. The molecule has 6 aromatic rings. The molecule has 10 heteroatoms. The molecule has 0 fully saturated rings. The maximum Gasteiger partial charge on any atom is 0.408 e. The molecule has 55 heavy (non-hydrogen) atoms. The van der Waals surface area contributed by atoms with Crippen LogP contribution in [0.5, 0.6) is 0 Å². The highest BCUT2D eigenvalue weighted by Crippen LogP contribution is 2.44. The second kappa shape index (κ2) is 16.6. The van der Waals surface area contributed by atoms with E-state index >= 15 is 0 Å². The quantitative estimate of drug-likeness (QED) is 0.129. The Labute approximate surface area is 326 Å². The molecule has 0 saturated carbocycles. The van der Waals surface area contributed by atoms with Crippen LogP contribution >= 0.6 is 11.6 Å². The van der Waals surface area contributed by atoms with E-state index in [-0.39, 0.29) is 12.5 Å². The number of halogens is 1. The molecule has 0 radical (unpaired) electrons. The van der Waals surface area contributed by atoms with Gasteiger partial charge in [0.25, 0.3) is 0 Å². The Morgan fingerprint density at radius 2 is 1.13 bits per heavy atom. The third kappa shape index (κ3) is 9.24. The number of ether oxygens (including phenoxy) is 2. The van der Waals surface area contributed by atoms with E-state index in [1.165, 1.54) is 0 Å². The van der Waals surface area contributed by atoms with Gasteiger partial charge in [0.1, 0.15) is 12.2 Å². The molecule has 0 unspecified atom stereocenters. The maximum atomic E-state index is 13.9. The molecule has 0 aliphatic heterocycles. The molecule has 280 valence electrons. The standard InChI is InChI=1S/C45H44ClN5O4/c1-45(2,3)55-44(53)48-40(27-31-16-8-5-9-17-31)42-50-49-41(51(42)28-32-22-24-33(46)25-23-32)39(26-30-14-6-4-7-15-30)47-43(52)54-29-38-36-20-12-10-18-34(36)35-19-11-13-21-37(35)38/h4-25,38-40H,26-29H2,1-3H3,(H,47,52)(H,48,53)/t39-,40-/m0/s1. The Balaban J connectivity index is 1.23. The smallest absolute Gasteiger partial charge is 0.408 e. The highest BCUT2D eigenvalue weighted by molar-refractivity contribution is 6.30. The number of aromatic nitrogens is 3. The number of rotatable bonds is 12. The molecule has 7 rings (SSSR count). The van der Waals surface area contributed by atoms with Crippen LogP contribution in [-0.2, 0) is 28.9 Å². The zero-order valence-corrected chi connectivity index (χ0v) is 31.9. The van der Waals surface area contributed by atoms with Crippen LogP contribution in [0.1, 0.15) is 78.2 Å². The molecule has 2 amide bonds. The average molecular weight is 754 g/mol. The van der Waals surface area contributed by atoms with Crippen molar-refractivity contribution in [2.45, 2.75) is 63.8 Å². The van der Waals surface area contributed by atoms with Crippen molar-refractivity contribution in [3.8, 4) is 11.1 Å². The van der Waals surface area contributed by atoms with Crippen molar-refractivity contribution in [1.82, 2.24) is 25.4 Å². The van der Waals surface area contributed by atoms with Gasteiger partial charge in [-0.3, -0.25) is 0 Å². The average Bonchev–Trinajstić information content (AvgIpc) is 3.73. The Kier molecular flexibility index (Phi) is 11.3. The number of amides is 2. The van der Waals surface area contributed by atoms with Crippen LogP contribution in [0.15, 0.2) is 133 Å². The first kappa shape index (κ1) is 37.4. The lowest BCUT2D eigenvalue weighted by molar-refractivity contribution is 0.0500. The fourth-order valence-electron chi connectivity index (χ4n) is 7.12. The summed E-state index contributed by atoms with van der Waals surface area (Å²) in [4.78, 5) is 27.2. The monoisotopic (exact) mass is 753 g/mol. The summed E-state index contributed by atoms with van der Waals surface area (Å²) in [5, 5.41) is 16.3. The minimum Gasteiger partial charge on any atom is -0.449 e. The minimum atomic E-state index is -0.711. The lowest BCUT2D eigenvalue weighted by atomic mass is 9.98. The summed E-state index contributed by atoms with van der Waals surface area (Å²) >= 11 is 6.28. The maximum absolute atomic E-state index is 13.9. The van der Waals surface area contributed by atoms with Crippen molar-refractivity contribution >= 4 is 23.8 Å². The van der Waals surface area contributed by atoms with Gasteiger partial charge in [0.15, 0.2) is 11.6 Å². The van der Waals surface area contributed by atoms with Gasteiger partial charge in [-0.05, 0) is 71.8 Å². The van der Waals surface area contributed by atoms with E-state index in [1.54, 1.807) is 0 Å². The van der Waals surface area contributed by atoms with Gasteiger partial charge in [-0.25, -0.2) is 9.59 Å². The molecule has 0 bridgehead atoms. The topological polar surface area (TPSA) is 107 Å². The fraction of sp³-hybridized carbons (Fsp3) is 0.244. The second-order valence-corrected chi connectivity index (χ2v) is 15.2. The summed E-state index contributed by atoms with van der Waals surface area (Å²) in [5.74, 6) is 0.918. The van der Waals surface area contributed by atoms with Crippen molar-refractivity contribution < 1.29 is 19.1 Å². The Morgan fingerprint density at radius 3 is 1.64 bits per heavy atom. The van der Waals surface area contributed by atoms with Gasteiger partial charge in [0.2, 0.25) is 0 Å². The predicted octanol–water partition coefficient (Wildman–Crippen LogP) is 9.61. The number of hydrogen-bond acceptors (Lipinski definition) is 6. The van der Waals surface area contributed by atoms with Crippen LogP contribution in [0.2, 0.25) is 5.02 Å². The van der Waals surface area contributed by atoms with E-state index in [0.717, 1.165) is 38.9 Å². The number of alkyl carbamates (subject to hydrolysis) is 2. The normalized spacial score (nSPS) is 13.3. The van der Waals surface area contributed by atoms with Crippen LogP contribution in [-0.4, -0.2) is 39.2 Å². The van der Waals surface area contributed by atoms with Gasteiger partial charge in [0.05, 0.1) is 18.6 Å². The number of carbonyl (C=O) groups is 2. The summed E-state index contributed by atoms with van der Waals surface area (Å²) in [6.45, 7) is 5.97. The molecule has 0 spiro atoms. The van der Waals surface area contributed by atoms with Crippen LogP contribution in [0.3, 0.4) is 0 Å². The van der Waals surface area contributed by atoms with Gasteiger partial charge in [-0.2, -0.15) is 0 Å². The fourth-order valence-corrected chi connectivity index (χ4v) is 7.25. The summed E-state index contributed by atoms with van der Waals surface area (Å²) < 4.78 is 13.7. The summed E-state index contributed by atoms with van der Waals surface area (Å²) in [5.41, 5.74) is 6.77. The van der Waals surface area contributed by atoms with E-state index in [9.17, 15) is 9.59 Å². The number of hydrogen-bond donors (Lipinski definition) is 2. The van der Waals surface area contributed by atoms with Gasteiger partial charge in [0, 0.05) is 23.8 Å². The number of nitrogens with zero attached hydrogens (tertiary/aromatic N) is 3. The molecule has 1 aromatic heterocycles. The molecule has 5 aromatic carbocycles. The minimum absolute atomic E-state index is 0.0939. The first-order chi connectivity index (χ1) is 26.6. The first-order valence-electron chi connectivity index (χ1n) is 18.5. The van der Waals surface area contributed by atoms with Gasteiger partial charge in [-0.15, -0.1) is 10.2 Å². The van der Waals surface area contributed by atoms with Gasteiger partial charge < -0.3 is 24.7 Å². The van der Waals surface area contributed by atoms with Crippen LogP contribution in [0.25, 0.3) is 11.1 Å². The van der Waals surface area contributed by atoms with Crippen molar-refractivity contribution in [2.24, 2.45) is 0 Å². The van der Waals surface area contributed by atoms with E-state index in [2.05, 4.69) is 34.9 Å².